The lowest BCUT2D eigenvalue weighted by atomic mass is 9.48. The van der Waals surface area contributed by atoms with E-state index in [0.717, 1.165) is 48.4 Å². The summed E-state index contributed by atoms with van der Waals surface area (Å²) in [4.78, 5) is 13.4. The van der Waals surface area contributed by atoms with Gasteiger partial charge in [0.2, 0.25) is 0 Å². The Hall–Kier alpha value is -3.08. The SMILES string of the molecule is O=C(Nc1cccc(O)c1)c1cn(-c2ccccc2)nc1C12CC3CC(CC(C3)C1)C2. The molecule has 7 rings (SSSR count). The van der Waals surface area contributed by atoms with Crippen molar-refractivity contribution in [3.8, 4) is 11.4 Å². The number of carbonyl (C=O) groups excluding carboxylic acids is 1. The van der Waals surface area contributed by atoms with E-state index in [2.05, 4.69) is 5.32 Å². The zero-order valence-corrected chi connectivity index (χ0v) is 17.5. The Labute approximate surface area is 182 Å². The maximum atomic E-state index is 13.4. The van der Waals surface area contributed by atoms with E-state index in [-0.39, 0.29) is 17.1 Å². The quantitative estimate of drug-likeness (QED) is 0.610. The van der Waals surface area contributed by atoms with Crippen LogP contribution < -0.4 is 5.32 Å². The Morgan fingerprint density at radius 3 is 2.29 bits per heavy atom. The Morgan fingerprint density at radius 2 is 1.65 bits per heavy atom. The van der Waals surface area contributed by atoms with Crippen molar-refractivity contribution in [2.45, 2.75) is 43.9 Å². The van der Waals surface area contributed by atoms with Gasteiger partial charge in [-0.2, -0.15) is 5.10 Å². The van der Waals surface area contributed by atoms with Gasteiger partial charge >= 0.3 is 0 Å². The minimum atomic E-state index is -0.154. The molecule has 4 fully saturated rings. The van der Waals surface area contributed by atoms with Gasteiger partial charge in [-0.05, 0) is 80.5 Å². The number of amides is 1. The summed E-state index contributed by atoms with van der Waals surface area (Å²) in [5, 5.41) is 17.8. The first-order chi connectivity index (χ1) is 15.1. The van der Waals surface area contributed by atoms with Crippen LogP contribution in [-0.2, 0) is 5.41 Å². The lowest BCUT2D eigenvalue weighted by molar-refractivity contribution is -0.00765. The zero-order chi connectivity index (χ0) is 21.0. The van der Waals surface area contributed by atoms with Gasteiger partial charge in [0, 0.05) is 23.4 Å². The number of aromatic hydroxyl groups is 1. The predicted octanol–water partition coefficient (Wildman–Crippen LogP) is 5.30. The van der Waals surface area contributed by atoms with Crippen molar-refractivity contribution in [3.05, 3.63) is 72.1 Å². The molecule has 1 heterocycles. The molecule has 31 heavy (non-hydrogen) atoms. The Morgan fingerprint density at radius 1 is 0.968 bits per heavy atom. The minimum absolute atomic E-state index is 0.0142. The molecule has 3 aromatic rings. The van der Waals surface area contributed by atoms with Gasteiger partial charge in [-0.1, -0.05) is 24.3 Å². The second kappa shape index (κ2) is 6.98. The minimum Gasteiger partial charge on any atom is -0.508 e. The summed E-state index contributed by atoms with van der Waals surface area (Å²) in [5.41, 5.74) is 3.20. The first kappa shape index (κ1) is 18.7. The summed E-state index contributed by atoms with van der Waals surface area (Å²) in [7, 11) is 0. The first-order valence-corrected chi connectivity index (χ1v) is 11.3. The molecule has 4 aliphatic carbocycles. The molecular formula is C26H27N3O2. The Balaban J connectivity index is 1.42. The van der Waals surface area contributed by atoms with Gasteiger partial charge in [0.1, 0.15) is 5.75 Å². The summed E-state index contributed by atoms with van der Waals surface area (Å²) in [6.07, 6.45) is 9.39. The van der Waals surface area contributed by atoms with Crippen molar-refractivity contribution in [3.63, 3.8) is 0 Å². The van der Waals surface area contributed by atoms with Crippen molar-refractivity contribution in [1.29, 1.82) is 0 Å². The van der Waals surface area contributed by atoms with E-state index in [0.29, 0.717) is 11.3 Å². The fraction of sp³-hybridized carbons (Fsp3) is 0.385. The predicted molar refractivity (Wildman–Crippen MR) is 119 cm³/mol. The molecule has 5 heteroatoms. The average molecular weight is 414 g/mol. The van der Waals surface area contributed by atoms with Crippen LogP contribution in [0, 0.1) is 17.8 Å². The van der Waals surface area contributed by atoms with E-state index < -0.39 is 0 Å². The third kappa shape index (κ3) is 3.23. The summed E-state index contributed by atoms with van der Waals surface area (Å²) in [5.74, 6) is 2.30. The van der Waals surface area contributed by atoms with Crippen molar-refractivity contribution >= 4 is 11.6 Å². The summed E-state index contributed by atoms with van der Waals surface area (Å²) < 4.78 is 1.87. The molecule has 4 aliphatic rings. The van der Waals surface area contributed by atoms with Crippen molar-refractivity contribution in [1.82, 2.24) is 9.78 Å². The number of phenols is 1. The molecule has 1 amide bonds. The summed E-state index contributed by atoms with van der Waals surface area (Å²) >= 11 is 0. The number of phenolic OH excluding ortho intramolecular Hbond substituents is 1. The number of nitrogens with zero attached hydrogens (tertiary/aromatic N) is 2. The van der Waals surface area contributed by atoms with Crippen LogP contribution in [0.15, 0.2) is 60.8 Å². The molecule has 2 aromatic carbocycles. The standard InChI is InChI=1S/C26H27N3O2/c30-22-8-4-5-20(12-22)27-25(31)23-16-29(21-6-2-1-3-7-21)28-24(23)26-13-17-9-18(14-26)11-19(10-17)15-26/h1-8,12,16-19,30H,9-11,13-15H2,(H,27,31). The molecule has 0 unspecified atom stereocenters. The molecule has 5 nitrogen and oxygen atoms in total. The Kier molecular flexibility index (Phi) is 4.20. The first-order valence-electron chi connectivity index (χ1n) is 11.3. The van der Waals surface area contributed by atoms with Crippen LogP contribution in [0.4, 0.5) is 5.69 Å². The number of aromatic nitrogens is 2. The number of carbonyl (C=O) groups is 1. The van der Waals surface area contributed by atoms with E-state index in [4.69, 9.17) is 5.10 Å². The van der Waals surface area contributed by atoms with Gasteiger partial charge in [-0.15, -0.1) is 0 Å². The highest BCUT2D eigenvalue weighted by Crippen LogP contribution is 2.60. The lowest BCUT2D eigenvalue weighted by Crippen LogP contribution is -2.49. The number of anilines is 1. The Bertz CT molecular complexity index is 1100. The normalized spacial score (nSPS) is 28.6. The molecular weight excluding hydrogens is 386 g/mol. The van der Waals surface area contributed by atoms with Crippen LogP contribution in [-0.4, -0.2) is 20.8 Å². The van der Waals surface area contributed by atoms with Crippen molar-refractivity contribution in [2.24, 2.45) is 17.8 Å². The van der Waals surface area contributed by atoms with Gasteiger partial charge in [0.25, 0.3) is 5.91 Å². The van der Waals surface area contributed by atoms with E-state index >= 15 is 0 Å². The fourth-order valence-electron chi connectivity index (χ4n) is 6.83. The van der Waals surface area contributed by atoms with Crippen LogP contribution in [0.3, 0.4) is 0 Å². The van der Waals surface area contributed by atoms with Crippen LogP contribution >= 0.6 is 0 Å². The maximum absolute atomic E-state index is 13.4. The van der Waals surface area contributed by atoms with E-state index in [1.54, 1.807) is 24.3 Å². The largest absolute Gasteiger partial charge is 0.508 e. The second-order valence-electron chi connectivity index (χ2n) is 9.87. The van der Waals surface area contributed by atoms with Gasteiger partial charge in [0.15, 0.2) is 0 Å². The van der Waals surface area contributed by atoms with Crippen LogP contribution in [0.2, 0.25) is 0 Å². The molecule has 0 atom stereocenters. The molecule has 0 saturated heterocycles. The highest BCUT2D eigenvalue weighted by atomic mass is 16.3. The molecule has 2 N–H and O–H groups in total. The van der Waals surface area contributed by atoms with Gasteiger partial charge in [-0.3, -0.25) is 4.79 Å². The van der Waals surface area contributed by atoms with E-state index in [9.17, 15) is 9.90 Å². The van der Waals surface area contributed by atoms with Crippen LogP contribution in [0.1, 0.15) is 54.6 Å². The molecule has 0 radical (unpaired) electrons. The number of rotatable bonds is 4. The highest BCUT2D eigenvalue weighted by molar-refractivity contribution is 6.05. The number of para-hydroxylation sites is 1. The topological polar surface area (TPSA) is 67.2 Å². The van der Waals surface area contributed by atoms with Crippen LogP contribution in [0.25, 0.3) is 5.69 Å². The van der Waals surface area contributed by atoms with Crippen molar-refractivity contribution < 1.29 is 9.90 Å². The maximum Gasteiger partial charge on any atom is 0.259 e. The number of hydrogen-bond donors (Lipinski definition) is 2. The van der Waals surface area contributed by atoms with Gasteiger partial charge in [0.05, 0.1) is 16.9 Å². The number of benzene rings is 2. The number of nitrogens with one attached hydrogen (secondary N) is 1. The van der Waals surface area contributed by atoms with E-state index in [1.807, 2.05) is 41.2 Å². The van der Waals surface area contributed by atoms with Gasteiger partial charge < -0.3 is 10.4 Å². The number of hydrogen-bond acceptors (Lipinski definition) is 3. The second-order valence-corrected chi connectivity index (χ2v) is 9.87. The highest BCUT2D eigenvalue weighted by Gasteiger charge is 2.53. The summed E-state index contributed by atoms with van der Waals surface area (Å²) in [6.45, 7) is 0. The lowest BCUT2D eigenvalue weighted by Gasteiger charge is -2.56. The molecule has 4 bridgehead atoms. The average Bonchev–Trinajstić information content (AvgIpc) is 3.20. The molecule has 4 saturated carbocycles. The van der Waals surface area contributed by atoms with E-state index in [1.165, 1.54) is 19.3 Å². The third-order valence-electron chi connectivity index (χ3n) is 7.62. The van der Waals surface area contributed by atoms with Crippen molar-refractivity contribution in [2.75, 3.05) is 5.32 Å². The third-order valence-corrected chi connectivity index (χ3v) is 7.62. The zero-order valence-electron chi connectivity index (χ0n) is 17.5. The smallest absolute Gasteiger partial charge is 0.259 e. The summed E-state index contributed by atoms with van der Waals surface area (Å²) in [6, 6.07) is 16.7. The monoisotopic (exact) mass is 413 g/mol. The molecule has 1 aromatic heterocycles. The van der Waals surface area contributed by atoms with Gasteiger partial charge in [-0.25, -0.2) is 4.68 Å². The molecule has 158 valence electrons. The van der Waals surface area contributed by atoms with Crippen LogP contribution in [0.5, 0.6) is 5.75 Å². The molecule has 0 spiro atoms. The fourth-order valence-corrected chi connectivity index (χ4v) is 6.83. The molecule has 0 aliphatic heterocycles.